The summed E-state index contributed by atoms with van der Waals surface area (Å²) in [6.45, 7) is 7.65. The lowest BCUT2D eigenvalue weighted by molar-refractivity contribution is -0.0317. The number of hydrogen-bond donors (Lipinski definition) is 1. The molecule has 1 saturated carbocycles. The summed E-state index contributed by atoms with van der Waals surface area (Å²) in [6, 6.07) is 5.95. The van der Waals surface area contributed by atoms with E-state index in [1.54, 1.807) is 0 Å². The van der Waals surface area contributed by atoms with Crippen LogP contribution in [0.25, 0.3) is 0 Å². The molecule has 0 spiro atoms. The average molecular weight is 326 g/mol. The maximum Gasteiger partial charge on any atom is 0.0732 e. The van der Waals surface area contributed by atoms with Crippen molar-refractivity contribution >= 4 is 21.6 Å². The molecule has 2 N–H and O–H groups in total. The van der Waals surface area contributed by atoms with Gasteiger partial charge in [0.2, 0.25) is 0 Å². The van der Waals surface area contributed by atoms with Gasteiger partial charge in [0.15, 0.2) is 0 Å². The smallest absolute Gasteiger partial charge is 0.0732 e. The first-order valence-corrected chi connectivity index (χ1v) is 7.81. The highest BCUT2D eigenvalue weighted by Gasteiger charge is 2.32. The zero-order chi connectivity index (χ0) is 14.0. The molecule has 1 aliphatic rings. The summed E-state index contributed by atoms with van der Waals surface area (Å²) in [5, 5.41) is 0. The first-order chi connectivity index (χ1) is 8.87. The number of anilines is 1. The van der Waals surface area contributed by atoms with Crippen molar-refractivity contribution in [1.82, 2.24) is 0 Å². The minimum absolute atomic E-state index is 0.368. The number of halogens is 1. The Morgan fingerprint density at radius 1 is 1.37 bits per heavy atom. The second kappa shape index (κ2) is 5.84. The Labute approximate surface area is 124 Å². The third-order valence-corrected chi connectivity index (χ3v) is 4.90. The van der Waals surface area contributed by atoms with Crippen LogP contribution < -0.4 is 5.73 Å². The fraction of sp³-hybridized carbons (Fsp3) is 0.625. The number of ether oxygens (including phenoxy) is 1. The van der Waals surface area contributed by atoms with E-state index in [9.17, 15) is 0 Å². The van der Waals surface area contributed by atoms with Gasteiger partial charge in [0.25, 0.3) is 0 Å². The van der Waals surface area contributed by atoms with Crippen molar-refractivity contribution < 1.29 is 4.74 Å². The molecular formula is C16H24BrNO. The Morgan fingerprint density at radius 2 is 2.11 bits per heavy atom. The van der Waals surface area contributed by atoms with E-state index in [1.165, 1.54) is 12.8 Å². The molecule has 0 amide bonds. The van der Waals surface area contributed by atoms with Crippen LogP contribution in [0.3, 0.4) is 0 Å². The van der Waals surface area contributed by atoms with Crippen LogP contribution in [0.1, 0.15) is 45.6 Å². The van der Waals surface area contributed by atoms with E-state index in [4.69, 9.17) is 10.5 Å². The van der Waals surface area contributed by atoms with Crippen LogP contribution >= 0.6 is 15.9 Å². The molecule has 0 saturated heterocycles. The third kappa shape index (κ3) is 3.96. The lowest BCUT2D eigenvalue weighted by Crippen LogP contribution is -2.32. The average Bonchev–Trinajstić information content (AvgIpc) is 2.28. The SMILES string of the molecule is CC1CC(OCc2cccc(N)c2Br)CC(C)(C)C1. The van der Waals surface area contributed by atoms with E-state index in [2.05, 4.69) is 42.8 Å². The Morgan fingerprint density at radius 3 is 2.79 bits per heavy atom. The van der Waals surface area contributed by atoms with E-state index in [0.717, 1.165) is 28.1 Å². The van der Waals surface area contributed by atoms with E-state index < -0.39 is 0 Å². The van der Waals surface area contributed by atoms with Crippen molar-refractivity contribution in [1.29, 1.82) is 0 Å². The van der Waals surface area contributed by atoms with Crippen LogP contribution in [-0.2, 0) is 11.3 Å². The predicted molar refractivity (Wildman–Crippen MR) is 83.9 cm³/mol. The van der Waals surface area contributed by atoms with Gasteiger partial charge in [0, 0.05) is 10.2 Å². The summed E-state index contributed by atoms with van der Waals surface area (Å²) < 4.78 is 7.10. The molecule has 2 nitrogen and oxygen atoms in total. The lowest BCUT2D eigenvalue weighted by Gasteiger charge is -2.38. The molecule has 0 aromatic heterocycles. The van der Waals surface area contributed by atoms with E-state index >= 15 is 0 Å². The van der Waals surface area contributed by atoms with Gasteiger partial charge in [-0.1, -0.05) is 32.9 Å². The molecule has 1 aromatic rings. The van der Waals surface area contributed by atoms with E-state index in [1.807, 2.05) is 12.1 Å². The number of nitrogens with two attached hydrogens (primary N) is 1. The van der Waals surface area contributed by atoms with Crippen molar-refractivity contribution in [2.45, 2.75) is 52.7 Å². The van der Waals surface area contributed by atoms with Crippen molar-refractivity contribution in [3.8, 4) is 0 Å². The standard InChI is InChI=1S/C16H24BrNO/c1-11-7-13(9-16(2,3)8-11)19-10-12-5-4-6-14(18)15(12)17/h4-6,11,13H,7-10,18H2,1-3H3. The molecule has 0 radical (unpaired) electrons. The first kappa shape index (κ1) is 14.9. The number of benzene rings is 1. The number of hydrogen-bond acceptors (Lipinski definition) is 2. The van der Waals surface area contributed by atoms with Crippen LogP contribution in [0.4, 0.5) is 5.69 Å². The van der Waals surface area contributed by atoms with Crippen molar-refractivity contribution in [3.05, 3.63) is 28.2 Å². The van der Waals surface area contributed by atoms with Crippen molar-refractivity contribution in [2.24, 2.45) is 11.3 Å². The van der Waals surface area contributed by atoms with Gasteiger partial charge in [-0.05, 0) is 58.2 Å². The molecule has 2 rings (SSSR count). The molecule has 0 bridgehead atoms. The lowest BCUT2D eigenvalue weighted by atomic mass is 9.71. The molecule has 3 heteroatoms. The van der Waals surface area contributed by atoms with Crippen LogP contribution in [0.15, 0.2) is 22.7 Å². The van der Waals surface area contributed by atoms with E-state index in [0.29, 0.717) is 18.1 Å². The molecule has 1 aromatic carbocycles. The molecule has 0 heterocycles. The Balaban J connectivity index is 1.97. The van der Waals surface area contributed by atoms with Crippen molar-refractivity contribution in [3.63, 3.8) is 0 Å². The second-order valence-electron chi connectivity index (χ2n) is 6.67. The van der Waals surface area contributed by atoms with Gasteiger partial charge in [-0.25, -0.2) is 0 Å². The number of rotatable bonds is 3. The summed E-state index contributed by atoms with van der Waals surface area (Å²) in [5.41, 5.74) is 8.20. The van der Waals surface area contributed by atoms with Gasteiger partial charge in [0.1, 0.15) is 0 Å². The normalized spacial score (nSPS) is 26.3. The number of nitrogen functional groups attached to an aromatic ring is 1. The van der Waals surface area contributed by atoms with Crippen LogP contribution in [0.2, 0.25) is 0 Å². The minimum Gasteiger partial charge on any atom is -0.398 e. The summed E-state index contributed by atoms with van der Waals surface area (Å²) >= 11 is 3.53. The molecule has 106 valence electrons. The summed E-state index contributed by atoms with van der Waals surface area (Å²) in [5.74, 6) is 0.748. The molecule has 2 atom stereocenters. The molecule has 2 unspecified atom stereocenters. The summed E-state index contributed by atoms with van der Waals surface area (Å²) in [7, 11) is 0. The first-order valence-electron chi connectivity index (χ1n) is 7.02. The second-order valence-corrected chi connectivity index (χ2v) is 7.46. The van der Waals surface area contributed by atoms with Crippen LogP contribution in [-0.4, -0.2) is 6.10 Å². The van der Waals surface area contributed by atoms with E-state index in [-0.39, 0.29) is 0 Å². The monoisotopic (exact) mass is 325 g/mol. The maximum absolute atomic E-state index is 6.13. The van der Waals surface area contributed by atoms with Gasteiger partial charge >= 0.3 is 0 Å². The van der Waals surface area contributed by atoms with Gasteiger partial charge < -0.3 is 10.5 Å². The summed E-state index contributed by atoms with van der Waals surface area (Å²) in [4.78, 5) is 0. The topological polar surface area (TPSA) is 35.2 Å². The predicted octanol–water partition coefficient (Wildman–Crippen LogP) is 4.76. The zero-order valence-corrected chi connectivity index (χ0v) is 13.7. The van der Waals surface area contributed by atoms with Crippen LogP contribution in [0, 0.1) is 11.3 Å². The highest BCUT2D eigenvalue weighted by molar-refractivity contribution is 9.10. The Hall–Kier alpha value is -0.540. The zero-order valence-electron chi connectivity index (χ0n) is 12.1. The molecular weight excluding hydrogens is 302 g/mol. The quantitative estimate of drug-likeness (QED) is 0.813. The molecule has 0 aliphatic heterocycles. The van der Waals surface area contributed by atoms with Crippen molar-refractivity contribution in [2.75, 3.05) is 5.73 Å². The van der Waals surface area contributed by atoms with Gasteiger partial charge in [0.05, 0.1) is 12.7 Å². The van der Waals surface area contributed by atoms with Crippen LogP contribution in [0.5, 0.6) is 0 Å². The summed E-state index contributed by atoms with van der Waals surface area (Å²) in [6.07, 6.45) is 3.99. The van der Waals surface area contributed by atoms with Gasteiger partial charge in [-0.2, -0.15) is 0 Å². The maximum atomic E-state index is 6.13. The largest absolute Gasteiger partial charge is 0.398 e. The molecule has 1 aliphatic carbocycles. The minimum atomic E-state index is 0.368. The Bertz CT molecular complexity index is 444. The fourth-order valence-corrected chi connectivity index (χ4v) is 3.68. The van der Waals surface area contributed by atoms with Gasteiger partial charge in [-0.15, -0.1) is 0 Å². The molecule has 1 fully saturated rings. The molecule has 19 heavy (non-hydrogen) atoms. The fourth-order valence-electron chi connectivity index (χ4n) is 3.30. The Kier molecular flexibility index (Phi) is 4.57. The van der Waals surface area contributed by atoms with Gasteiger partial charge in [-0.3, -0.25) is 0 Å². The third-order valence-electron chi connectivity index (χ3n) is 3.93. The highest BCUT2D eigenvalue weighted by atomic mass is 79.9. The highest BCUT2D eigenvalue weighted by Crippen LogP contribution is 2.40.